The molecule has 2 aromatic rings. The molecule has 12 heteroatoms. The van der Waals surface area contributed by atoms with E-state index in [-0.39, 0.29) is 39.3 Å². The summed E-state index contributed by atoms with van der Waals surface area (Å²) in [4.78, 5) is 45.3. The van der Waals surface area contributed by atoms with Crippen LogP contribution in [-0.4, -0.2) is 88.0 Å². The molecular weight excluding hydrogens is 601 g/mol. The summed E-state index contributed by atoms with van der Waals surface area (Å²) in [6, 6.07) is 12.4. The van der Waals surface area contributed by atoms with Gasteiger partial charge >= 0.3 is 11.9 Å². The Labute approximate surface area is 259 Å². The molecule has 1 unspecified atom stereocenters. The van der Waals surface area contributed by atoms with Crippen molar-refractivity contribution in [2.24, 2.45) is 0 Å². The topological polar surface area (TPSA) is 97.4 Å². The van der Waals surface area contributed by atoms with E-state index in [9.17, 15) is 14.4 Å². The Bertz CT molecular complexity index is 1380. The monoisotopic (exact) mass is 633 g/mol. The third kappa shape index (κ3) is 7.06. The van der Waals surface area contributed by atoms with Gasteiger partial charge in [0.2, 0.25) is 5.91 Å². The molecule has 1 fully saturated rings. The molecule has 1 saturated heterocycles. The molecule has 2 heterocycles. The lowest BCUT2D eigenvalue weighted by Gasteiger charge is -2.35. The van der Waals surface area contributed by atoms with Gasteiger partial charge in [-0.1, -0.05) is 29.3 Å². The predicted octanol–water partition coefficient (Wildman–Crippen LogP) is 4.50. The molecular formula is C30H33Cl2N3O6S. The number of rotatable bonds is 9. The van der Waals surface area contributed by atoms with E-state index in [1.807, 2.05) is 31.3 Å². The zero-order valence-electron chi connectivity index (χ0n) is 23.9. The minimum absolute atomic E-state index is 0.0774. The largest absolute Gasteiger partial charge is 0.497 e. The van der Waals surface area contributed by atoms with E-state index in [2.05, 4.69) is 10.2 Å². The average molecular weight is 635 g/mol. The first kappa shape index (κ1) is 31.7. The van der Waals surface area contributed by atoms with Gasteiger partial charge < -0.3 is 29.3 Å². The predicted molar refractivity (Wildman–Crippen MR) is 163 cm³/mol. The van der Waals surface area contributed by atoms with Crippen LogP contribution in [0.1, 0.15) is 17.9 Å². The number of ether oxygens (including phenoxy) is 3. The fourth-order valence-corrected chi connectivity index (χ4v) is 6.47. The molecule has 2 aromatic carbocycles. The summed E-state index contributed by atoms with van der Waals surface area (Å²) in [5, 5.41) is 3.77. The molecule has 2 aliphatic rings. The van der Waals surface area contributed by atoms with Crippen molar-refractivity contribution >= 4 is 52.8 Å². The van der Waals surface area contributed by atoms with Gasteiger partial charge in [-0.15, -0.1) is 11.8 Å². The van der Waals surface area contributed by atoms with Crippen LogP contribution in [0.15, 0.2) is 69.9 Å². The zero-order valence-corrected chi connectivity index (χ0v) is 26.2. The van der Waals surface area contributed by atoms with Crippen molar-refractivity contribution in [1.29, 1.82) is 0 Å². The van der Waals surface area contributed by atoms with Gasteiger partial charge in [-0.05, 0) is 43.4 Å². The van der Waals surface area contributed by atoms with E-state index in [4.69, 9.17) is 37.4 Å². The highest BCUT2D eigenvalue weighted by molar-refractivity contribution is 7.99. The van der Waals surface area contributed by atoms with Crippen molar-refractivity contribution < 1.29 is 28.6 Å². The molecule has 1 atom stereocenters. The van der Waals surface area contributed by atoms with Crippen LogP contribution in [0.2, 0.25) is 10.0 Å². The summed E-state index contributed by atoms with van der Waals surface area (Å²) in [6.07, 6.45) is -0.113. The number of likely N-dealkylation sites (N-methyl/N-ethyl adjacent to an activating group) is 1. The molecule has 1 amide bonds. The zero-order chi connectivity index (χ0) is 30.4. The third-order valence-corrected chi connectivity index (χ3v) is 8.95. The first-order valence-corrected chi connectivity index (χ1v) is 15.0. The number of benzene rings is 2. The SMILES string of the molecule is COC(=O)C1=C(CSc2ccc(OC)cc2)NC(CC(=O)N2CCN(C)CC2)=C(C(=O)OC)C1c1c(Cl)cccc1Cl. The van der Waals surface area contributed by atoms with Crippen LogP contribution >= 0.6 is 35.0 Å². The maximum absolute atomic E-state index is 13.5. The highest BCUT2D eigenvalue weighted by Gasteiger charge is 2.42. The molecule has 42 heavy (non-hydrogen) atoms. The van der Waals surface area contributed by atoms with Crippen LogP contribution in [0.4, 0.5) is 0 Å². The Hall–Kier alpha value is -3.18. The molecule has 4 rings (SSSR count). The minimum atomic E-state index is -1.05. The summed E-state index contributed by atoms with van der Waals surface area (Å²) in [6.45, 7) is 2.63. The number of halogens is 2. The van der Waals surface area contributed by atoms with Gasteiger partial charge in [0, 0.05) is 63.8 Å². The fourth-order valence-electron chi connectivity index (χ4n) is 4.99. The molecule has 0 saturated carbocycles. The number of hydrogen-bond donors (Lipinski definition) is 1. The summed E-state index contributed by atoms with van der Waals surface area (Å²) < 4.78 is 15.7. The Morgan fingerprint density at radius 1 is 0.881 bits per heavy atom. The van der Waals surface area contributed by atoms with Gasteiger partial charge in [0.05, 0.1) is 44.8 Å². The van der Waals surface area contributed by atoms with E-state index in [0.29, 0.717) is 35.8 Å². The van der Waals surface area contributed by atoms with E-state index >= 15 is 0 Å². The number of nitrogens with one attached hydrogen (secondary N) is 1. The van der Waals surface area contributed by atoms with E-state index in [1.54, 1.807) is 30.2 Å². The summed E-state index contributed by atoms with van der Waals surface area (Å²) in [7, 11) is 6.11. The lowest BCUT2D eigenvalue weighted by molar-refractivity contribution is -0.137. The average Bonchev–Trinajstić information content (AvgIpc) is 2.99. The van der Waals surface area contributed by atoms with Gasteiger partial charge in [-0.25, -0.2) is 9.59 Å². The first-order chi connectivity index (χ1) is 20.2. The molecule has 0 aliphatic carbocycles. The van der Waals surface area contributed by atoms with Crippen LogP contribution in [0.3, 0.4) is 0 Å². The number of piperazine rings is 1. The first-order valence-electron chi connectivity index (χ1n) is 13.2. The van der Waals surface area contributed by atoms with Crippen molar-refractivity contribution in [3.05, 3.63) is 80.6 Å². The highest BCUT2D eigenvalue weighted by atomic mass is 35.5. The maximum Gasteiger partial charge on any atom is 0.336 e. The van der Waals surface area contributed by atoms with Crippen LogP contribution in [0, 0.1) is 0 Å². The van der Waals surface area contributed by atoms with Crippen LogP contribution in [0.5, 0.6) is 5.75 Å². The molecule has 224 valence electrons. The summed E-state index contributed by atoms with van der Waals surface area (Å²) in [5.41, 5.74) is 1.38. The summed E-state index contributed by atoms with van der Waals surface area (Å²) >= 11 is 14.8. The van der Waals surface area contributed by atoms with Crippen molar-refractivity contribution in [1.82, 2.24) is 15.1 Å². The fraction of sp³-hybridized carbons (Fsp3) is 0.367. The molecule has 0 spiro atoms. The van der Waals surface area contributed by atoms with Crippen LogP contribution in [-0.2, 0) is 23.9 Å². The van der Waals surface area contributed by atoms with Crippen LogP contribution in [0.25, 0.3) is 0 Å². The number of dihydropyridines is 1. The maximum atomic E-state index is 13.5. The van der Waals surface area contributed by atoms with Gasteiger partial charge in [-0.3, -0.25) is 4.79 Å². The van der Waals surface area contributed by atoms with E-state index < -0.39 is 17.9 Å². The van der Waals surface area contributed by atoms with Gasteiger partial charge in [-0.2, -0.15) is 0 Å². The van der Waals surface area contributed by atoms with E-state index in [1.165, 1.54) is 26.0 Å². The van der Waals surface area contributed by atoms with Crippen molar-refractivity contribution in [2.75, 3.05) is 60.3 Å². The quantitative estimate of drug-likeness (QED) is 0.316. The van der Waals surface area contributed by atoms with Crippen molar-refractivity contribution in [3.8, 4) is 5.75 Å². The number of thioether (sulfide) groups is 1. The smallest absolute Gasteiger partial charge is 0.336 e. The molecule has 1 N–H and O–H groups in total. The van der Waals surface area contributed by atoms with Crippen LogP contribution < -0.4 is 10.1 Å². The Morgan fingerprint density at radius 3 is 2.00 bits per heavy atom. The van der Waals surface area contributed by atoms with Crippen molar-refractivity contribution in [3.63, 3.8) is 0 Å². The van der Waals surface area contributed by atoms with Gasteiger partial charge in [0.25, 0.3) is 0 Å². The second-order valence-corrected chi connectivity index (χ2v) is 11.6. The van der Waals surface area contributed by atoms with Gasteiger partial charge in [0.15, 0.2) is 0 Å². The Kier molecular flexibility index (Phi) is 10.8. The van der Waals surface area contributed by atoms with E-state index in [0.717, 1.165) is 18.0 Å². The highest BCUT2D eigenvalue weighted by Crippen LogP contribution is 2.46. The van der Waals surface area contributed by atoms with Crippen molar-refractivity contribution in [2.45, 2.75) is 17.2 Å². The number of hydrogen-bond acceptors (Lipinski definition) is 9. The normalized spacial score (nSPS) is 17.6. The summed E-state index contributed by atoms with van der Waals surface area (Å²) in [5.74, 6) is -1.58. The number of amides is 1. The number of methoxy groups -OCH3 is 3. The second-order valence-electron chi connectivity index (χ2n) is 9.79. The number of nitrogens with zero attached hydrogens (tertiary/aromatic N) is 2. The minimum Gasteiger partial charge on any atom is -0.497 e. The number of carbonyl (C=O) groups is 3. The Balaban J connectivity index is 1.84. The molecule has 0 aromatic heterocycles. The molecule has 2 aliphatic heterocycles. The number of esters is 2. The number of carbonyl (C=O) groups excluding carboxylic acids is 3. The molecule has 0 radical (unpaired) electrons. The lowest BCUT2D eigenvalue weighted by atomic mass is 9.79. The van der Waals surface area contributed by atoms with Gasteiger partial charge in [0.1, 0.15) is 5.75 Å². The third-order valence-electron chi connectivity index (χ3n) is 7.25. The second kappa shape index (κ2) is 14.3. The standard InChI is InChI=1S/C30H33Cl2N3O6S/c1-34-12-14-35(15-13-34)24(36)16-22-26(29(37)40-3)28(25-20(31)6-5-7-21(25)32)27(30(38)41-4)23(33-22)17-42-19-10-8-18(39-2)9-11-19/h5-11,28,33H,12-17H2,1-4H3. The Morgan fingerprint density at radius 2 is 1.45 bits per heavy atom. The lowest BCUT2D eigenvalue weighted by Crippen LogP contribution is -2.47. The molecule has 0 bridgehead atoms. The molecule has 9 nitrogen and oxygen atoms in total.